The number of hydrogen-bond donors (Lipinski definition) is 1. The molecule has 1 aromatic rings. The van der Waals surface area contributed by atoms with Gasteiger partial charge in [0.2, 0.25) is 0 Å². The van der Waals surface area contributed by atoms with Crippen LogP contribution in [0.3, 0.4) is 0 Å². The van der Waals surface area contributed by atoms with Gasteiger partial charge in [-0.2, -0.15) is 0 Å². The number of fused-ring (bicyclic) bond motifs is 1. The van der Waals surface area contributed by atoms with Crippen molar-refractivity contribution in [2.45, 2.75) is 52.5 Å². The van der Waals surface area contributed by atoms with Crippen LogP contribution in [0.4, 0.5) is 5.69 Å². The maximum absolute atomic E-state index is 12.6. The van der Waals surface area contributed by atoms with Gasteiger partial charge in [0.15, 0.2) is 0 Å². The van der Waals surface area contributed by atoms with E-state index in [1.807, 2.05) is 36.1 Å². The Balaban J connectivity index is 2.04. The standard InChI is InChI=1S/C21H30N2O2/c1-4-18(22)20(24)14-16(13-15(2)3)9-10-21(25)23-12-11-17-7-5-6-8-19(17)23/h5-10,15-16,18H,4,11-14,22H2,1-3H3/b10-9+/t16-,18+/m1/s1. The molecule has 25 heavy (non-hydrogen) atoms. The Morgan fingerprint density at radius 2 is 2.00 bits per heavy atom. The Kier molecular flexibility index (Phi) is 6.94. The lowest BCUT2D eigenvalue weighted by Gasteiger charge is -2.18. The predicted molar refractivity (Wildman–Crippen MR) is 102 cm³/mol. The Morgan fingerprint density at radius 1 is 1.28 bits per heavy atom. The summed E-state index contributed by atoms with van der Waals surface area (Å²) in [6, 6.07) is 7.62. The van der Waals surface area contributed by atoms with Crippen LogP contribution in [-0.2, 0) is 16.0 Å². The highest BCUT2D eigenvalue weighted by molar-refractivity contribution is 6.02. The molecule has 0 fully saturated rings. The molecular formula is C21H30N2O2. The van der Waals surface area contributed by atoms with E-state index in [9.17, 15) is 9.59 Å². The Labute approximate surface area is 151 Å². The van der Waals surface area contributed by atoms with Crippen LogP contribution >= 0.6 is 0 Å². The second-order valence-electron chi connectivity index (χ2n) is 7.30. The van der Waals surface area contributed by atoms with Crippen LogP contribution in [0.15, 0.2) is 36.4 Å². The van der Waals surface area contributed by atoms with Crippen molar-refractivity contribution in [2.24, 2.45) is 17.6 Å². The van der Waals surface area contributed by atoms with E-state index in [-0.39, 0.29) is 17.6 Å². The number of allylic oxidation sites excluding steroid dienone is 1. The molecule has 2 atom stereocenters. The van der Waals surface area contributed by atoms with Crippen molar-refractivity contribution >= 4 is 17.4 Å². The van der Waals surface area contributed by atoms with Crippen molar-refractivity contribution in [1.29, 1.82) is 0 Å². The first kappa shape index (κ1) is 19.4. The third-order valence-corrected chi connectivity index (χ3v) is 4.76. The van der Waals surface area contributed by atoms with Crippen LogP contribution in [0.2, 0.25) is 0 Å². The molecule has 1 heterocycles. The van der Waals surface area contributed by atoms with Crippen LogP contribution < -0.4 is 10.6 Å². The molecule has 4 nitrogen and oxygen atoms in total. The summed E-state index contributed by atoms with van der Waals surface area (Å²) in [6.07, 6.45) is 6.38. The fraction of sp³-hybridized carbons (Fsp3) is 0.524. The van der Waals surface area contributed by atoms with Gasteiger partial charge in [0.25, 0.3) is 5.91 Å². The number of carbonyl (C=O) groups is 2. The zero-order valence-electron chi connectivity index (χ0n) is 15.6. The van der Waals surface area contributed by atoms with Crippen molar-refractivity contribution in [1.82, 2.24) is 0 Å². The second kappa shape index (κ2) is 8.95. The maximum Gasteiger partial charge on any atom is 0.250 e. The number of rotatable bonds is 8. The highest BCUT2D eigenvalue weighted by atomic mass is 16.2. The third kappa shape index (κ3) is 5.27. The molecule has 0 saturated heterocycles. The molecule has 0 saturated carbocycles. The van der Waals surface area contributed by atoms with E-state index in [0.29, 0.717) is 18.8 Å². The summed E-state index contributed by atoms with van der Waals surface area (Å²) < 4.78 is 0. The summed E-state index contributed by atoms with van der Waals surface area (Å²) >= 11 is 0. The van der Waals surface area contributed by atoms with E-state index in [1.54, 1.807) is 6.08 Å². The number of amides is 1. The topological polar surface area (TPSA) is 63.4 Å². The van der Waals surface area contributed by atoms with Gasteiger partial charge in [-0.1, -0.05) is 45.0 Å². The highest BCUT2D eigenvalue weighted by Crippen LogP contribution is 2.28. The number of carbonyl (C=O) groups excluding carboxylic acids is 2. The van der Waals surface area contributed by atoms with Crippen molar-refractivity contribution in [3.8, 4) is 0 Å². The predicted octanol–water partition coefficient (Wildman–Crippen LogP) is 3.49. The van der Waals surface area contributed by atoms with E-state index in [4.69, 9.17) is 5.73 Å². The Morgan fingerprint density at radius 3 is 2.68 bits per heavy atom. The van der Waals surface area contributed by atoms with E-state index in [0.717, 1.165) is 25.1 Å². The second-order valence-corrected chi connectivity index (χ2v) is 7.30. The van der Waals surface area contributed by atoms with Crippen LogP contribution in [0.5, 0.6) is 0 Å². The van der Waals surface area contributed by atoms with Gasteiger partial charge in [0, 0.05) is 18.7 Å². The summed E-state index contributed by atoms with van der Waals surface area (Å²) in [5.74, 6) is 0.595. The average molecular weight is 342 g/mol. The monoisotopic (exact) mass is 342 g/mol. The van der Waals surface area contributed by atoms with Gasteiger partial charge in [-0.25, -0.2) is 0 Å². The van der Waals surface area contributed by atoms with Crippen LogP contribution in [0.25, 0.3) is 0 Å². The van der Waals surface area contributed by atoms with Crippen LogP contribution in [-0.4, -0.2) is 24.3 Å². The molecule has 2 rings (SSSR count). The van der Waals surface area contributed by atoms with E-state index < -0.39 is 6.04 Å². The summed E-state index contributed by atoms with van der Waals surface area (Å²) in [7, 11) is 0. The molecule has 0 unspecified atom stereocenters. The molecule has 1 aromatic carbocycles. The third-order valence-electron chi connectivity index (χ3n) is 4.76. The SMILES string of the molecule is CC[C@H](N)C(=O)C[C@H](/C=C/C(=O)N1CCc2ccccc21)CC(C)C. The van der Waals surface area contributed by atoms with Crippen LogP contribution in [0.1, 0.15) is 45.6 Å². The van der Waals surface area contributed by atoms with Crippen molar-refractivity contribution in [3.05, 3.63) is 42.0 Å². The van der Waals surface area contributed by atoms with Gasteiger partial charge in [0.05, 0.1) is 6.04 Å². The Bertz CT molecular complexity index is 637. The number of anilines is 1. The van der Waals surface area contributed by atoms with Gasteiger partial charge >= 0.3 is 0 Å². The Hall–Kier alpha value is -1.94. The number of nitrogens with two attached hydrogens (primary N) is 1. The number of nitrogens with zero attached hydrogens (tertiary/aromatic N) is 1. The zero-order chi connectivity index (χ0) is 18.4. The number of benzene rings is 1. The van der Waals surface area contributed by atoms with Crippen molar-refractivity contribution in [3.63, 3.8) is 0 Å². The minimum absolute atomic E-state index is 0.00838. The number of ketones is 1. The van der Waals surface area contributed by atoms with Gasteiger partial charge in [-0.05, 0) is 48.8 Å². The van der Waals surface area contributed by atoms with E-state index in [2.05, 4.69) is 19.9 Å². The first-order valence-electron chi connectivity index (χ1n) is 9.28. The molecule has 2 N–H and O–H groups in total. The molecule has 0 aliphatic carbocycles. The van der Waals surface area contributed by atoms with Gasteiger partial charge in [0.1, 0.15) is 5.78 Å². The van der Waals surface area contributed by atoms with E-state index >= 15 is 0 Å². The number of hydrogen-bond acceptors (Lipinski definition) is 3. The smallest absolute Gasteiger partial charge is 0.250 e. The molecule has 136 valence electrons. The molecule has 0 radical (unpaired) electrons. The number of Topliss-reactive ketones (excluding diaryl/α,β-unsaturated/α-hetero) is 1. The van der Waals surface area contributed by atoms with Gasteiger partial charge in [-0.3, -0.25) is 9.59 Å². The normalized spacial score (nSPS) is 16.3. The lowest BCUT2D eigenvalue weighted by atomic mass is 9.90. The van der Waals surface area contributed by atoms with Gasteiger partial charge in [-0.15, -0.1) is 0 Å². The molecule has 1 aliphatic heterocycles. The largest absolute Gasteiger partial charge is 0.322 e. The van der Waals surface area contributed by atoms with Crippen molar-refractivity contribution in [2.75, 3.05) is 11.4 Å². The summed E-state index contributed by atoms with van der Waals surface area (Å²) in [5.41, 5.74) is 8.07. The first-order chi connectivity index (χ1) is 11.9. The lowest BCUT2D eigenvalue weighted by Crippen LogP contribution is -2.31. The van der Waals surface area contributed by atoms with E-state index in [1.165, 1.54) is 5.56 Å². The first-order valence-corrected chi connectivity index (χ1v) is 9.28. The van der Waals surface area contributed by atoms with Gasteiger partial charge < -0.3 is 10.6 Å². The molecular weight excluding hydrogens is 312 g/mol. The van der Waals surface area contributed by atoms with Crippen LogP contribution in [0, 0.1) is 11.8 Å². The molecule has 0 spiro atoms. The molecule has 0 bridgehead atoms. The number of para-hydroxylation sites is 1. The average Bonchev–Trinajstić information content (AvgIpc) is 3.02. The van der Waals surface area contributed by atoms with Crippen molar-refractivity contribution < 1.29 is 9.59 Å². The molecule has 1 aliphatic rings. The quantitative estimate of drug-likeness (QED) is 0.736. The summed E-state index contributed by atoms with van der Waals surface area (Å²) in [4.78, 5) is 26.6. The minimum atomic E-state index is -0.399. The summed E-state index contributed by atoms with van der Waals surface area (Å²) in [6.45, 7) is 6.90. The molecule has 4 heteroatoms. The fourth-order valence-corrected chi connectivity index (χ4v) is 3.35. The zero-order valence-corrected chi connectivity index (χ0v) is 15.6. The summed E-state index contributed by atoms with van der Waals surface area (Å²) in [5, 5.41) is 0. The molecule has 1 amide bonds. The molecule has 0 aromatic heterocycles. The highest BCUT2D eigenvalue weighted by Gasteiger charge is 2.23. The lowest BCUT2D eigenvalue weighted by molar-refractivity contribution is -0.121. The fourth-order valence-electron chi connectivity index (χ4n) is 3.35. The maximum atomic E-state index is 12.6. The minimum Gasteiger partial charge on any atom is -0.322 e.